The Labute approximate surface area is 233 Å². The third-order valence-corrected chi connectivity index (χ3v) is 8.53. The zero-order chi connectivity index (χ0) is 28.0. The Balaban J connectivity index is 1.35. The van der Waals surface area contributed by atoms with Gasteiger partial charge in [0.15, 0.2) is 11.5 Å². The van der Waals surface area contributed by atoms with Gasteiger partial charge in [0.25, 0.3) is 0 Å². The maximum atomic E-state index is 12.1. The third kappa shape index (κ3) is 4.47. The summed E-state index contributed by atoms with van der Waals surface area (Å²) in [6.07, 6.45) is 1.35. The van der Waals surface area contributed by atoms with E-state index in [-0.39, 0.29) is 12.1 Å². The first kappa shape index (κ1) is 26.2. The number of nitrogens with zero attached hydrogens (tertiary/aromatic N) is 1. The molecule has 0 bridgehead atoms. The summed E-state index contributed by atoms with van der Waals surface area (Å²) >= 11 is 0. The van der Waals surface area contributed by atoms with Crippen LogP contribution in [-0.2, 0) is 24.2 Å². The number of ether oxygens (including phenoxy) is 3. The van der Waals surface area contributed by atoms with Gasteiger partial charge in [-0.25, -0.2) is 0 Å². The summed E-state index contributed by atoms with van der Waals surface area (Å²) < 4.78 is 16.9. The van der Waals surface area contributed by atoms with Crippen LogP contribution in [0.2, 0.25) is 0 Å². The lowest BCUT2D eigenvalue weighted by Crippen LogP contribution is -2.45. The maximum Gasteiger partial charge on any atom is 0.321 e. The van der Waals surface area contributed by atoms with Crippen LogP contribution in [0.1, 0.15) is 52.5 Å². The summed E-state index contributed by atoms with van der Waals surface area (Å²) in [4.78, 5) is 18.2. The van der Waals surface area contributed by atoms with Crippen molar-refractivity contribution in [3.63, 3.8) is 0 Å². The van der Waals surface area contributed by atoms with Crippen LogP contribution in [-0.4, -0.2) is 54.9 Å². The highest BCUT2D eigenvalue weighted by Gasteiger charge is 2.34. The molecule has 0 saturated carbocycles. The van der Waals surface area contributed by atoms with Crippen LogP contribution < -0.4 is 19.5 Å². The molecule has 40 heavy (non-hydrogen) atoms. The van der Waals surface area contributed by atoms with Crippen LogP contribution in [0.4, 0.5) is 0 Å². The van der Waals surface area contributed by atoms with Crippen molar-refractivity contribution in [2.75, 3.05) is 27.9 Å². The van der Waals surface area contributed by atoms with E-state index in [1.165, 1.54) is 11.1 Å². The van der Waals surface area contributed by atoms with Crippen LogP contribution in [0.25, 0.3) is 10.9 Å². The number of aromatic nitrogens is 1. The molecule has 2 aliphatic heterocycles. The predicted molar refractivity (Wildman–Crippen MR) is 153 cm³/mol. The molecule has 8 nitrogen and oxygen atoms in total. The largest absolute Gasteiger partial charge is 0.496 e. The Bertz CT molecular complexity index is 1580. The number of H-pyrrole nitrogens is 1. The second kappa shape index (κ2) is 10.5. The number of para-hydroxylation sites is 1. The van der Waals surface area contributed by atoms with E-state index in [9.17, 15) is 9.90 Å². The van der Waals surface area contributed by atoms with E-state index in [1.807, 2.05) is 30.3 Å². The summed E-state index contributed by atoms with van der Waals surface area (Å²) in [6, 6.07) is 17.7. The van der Waals surface area contributed by atoms with Gasteiger partial charge in [-0.15, -0.1) is 0 Å². The second-order valence-electron chi connectivity index (χ2n) is 10.6. The van der Waals surface area contributed by atoms with Crippen LogP contribution in [0.15, 0.2) is 54.6 Å². The highest BCUT2D eigenvalue weighted by molar-refractivity contribution is 5.87. The number of fused-ring (bicyclic) bond motifs is 4. The first-order chi connectivity index (χ1) is 19.4. The first-order valence-electron chi connectivity index (χ1n) is 13.7. The Morgan fingerprint density at radius 1 is 1.00 bits per heavy atom. The molecule has 0 aliphatic carbocycles. The maximum absolute atomic E-state index is 12.1. The molecule has 0 radical (unpaired) electrons. The summed E-state index contributed by atoms with van der Waals surface area (Å²) in [7, 11) is 5.03. The van der Waals surface area contributed by atoms with Crippen molar-refractivity contribution >= 4 is 16.9 Å². The minimum atomic E-state index is -0.845. The number of nitrogens with one attached hydrogen (secondary N) is 2. The molecule has 208 valence electrons. The summed E-state index contributed by atoms with van der Waals surface area (Å²) in [5, 5.41) is 14.4. The van der Waals surface area contributed by atoms with Gasteiger partial charge in [-0.1, -0.05) is 24.3 Å². The van der Waals surface area contributed by atoms with E-state index in [4.69, 9.17) is 14.2 Å². The van der Waals surface area contributed by atoms with Crippen molar-refractivity contribution in [1.29, 1.82) is 0 Å². The zero-order valence-corrected chi connectivity index (χ0v) is 23.3. The lowest BCUT2D eigenvalue weighted by molar-refractivity contribution is -0.139. The number of hydrogen-bond donors (Lipinski definition) is 3. The molecular weight excluding hydrogens is 506 g/mol. The average molecular weight is 542 g/mol. The van der Waals surface area contributed by atoms with Gasteiger partial charge in [0.1, 0.15) is 11.8 Å². The van der Waals surface area contributed by atoms with E-state index in [2.05, 4.69) is 46.4 Å². The van der Waals surface area contributed by atoms with Gasteiger partial charge in [-0.2, -0.15) is 0 Å². The fraction of sp³-hybridized carbons (Fsp3) is 0.344. The number of carboxylic acids is 1. The number of benzene rings is 3. The van der Waals surface area contributed by atoms with Crippen molar-refractivity contribution < 1.29 is 24.1 Å². The van der Waals surface area contributed by atoms with Gasteiger partial charge in [0.2, 0.25) is 0 Å². The number of hydrogen-bond acceptors (Lipinski definition) is 6. The molecule has 3 N–H and O–H groups in total. The third-order valence-electron chi connectivity index (χ3n) is 8.53. The number of aromatic amines is 1. The number of carboxylic acid groups (broad SMARTS) is 1. The molecule has 3 aromatic carbocycles. The highest BCUT2D eigenvalue weighted by Crippen LogP contribution is 2.40. The normalized spacial score (nSPS) is 20.6. The Hall–Kier alpha value is -4.01. The van der Waals surface area contributed by atoms with E-state index < -0.39 is 12.0 Å². The molecule has 6 rings (SSSR count). The van der Waals surface area contributed by atoms with Crippen LogP contribution in [0.5, 0.6) is 17.2 Å². The summed E-state index contributed by atoms with van der Waals surface area (Å²) in [6.45, 7) is 3.81. The number of aliphatic carboxylic acids is 1. The molecule has 4 aromatic rings. The van der Waals surface area contributed by atoms with E-state index in [1.54, 1.807) is 21.3 Å². The smallest absolute Gasteiger partial charge is 0.321 e. The van der Waals surface area contributed by atoms with Gasteiger partial charge < -0.3 is 24.3 Å². The fourth-order valence-corrected chi connectivity index (χ4v) is 6.39. The molecule has 0 saturated heterocycles. The Morgan fingerprint density at radius 2 is 1.75 bits per heavy atom. The van der Waals surface area contributed by atoms with Crippen molar-refractivity contribution in [2.45, 2.75) is 44.4 Å². The topological polar surface area (TPSA) is 96.0 Å². The van der Waals surface area contributed by atoms with E-state index >= 15 is 0 Å². The first-order valence-corrected chi connectivity index (χ1v) is 13.7. The summed E-state index contributed by atoms with van der Waals surface area (Å²) in [5.41, 5.74) is 7.69. The van der Waals surface area contributed by atoms with Crippen LogP contribution in [0, 0.1) is 0 Å². The molecule has 8 heteroatoms. The van der Waals surface area contributed by atoms with Gasteiger partial charge in [0.05, 0.1) is 27.4 Å². The molecule has 0 fully saturated rings. The standard InChI is InChI=1S/C32H35N3O5/c1-18-23-16-29(40-4)28(39-3)14-19(23)11-12-35(18)17-21-13-20(9-10-27(21)38-2)30-31-24(15-26(34-30)32(36)37)22-7-5-6-8-25(22)33-31/h5-10,13-14,16,18,26,30,33-34H,11-12,15,17H2,1-4H3,(H,36,37)/t18-,26-,30-/m0/s1. The van der Waals surface area contributed by atoms with E-state index in [0.29, 0.717) is 13.0 Å². The molecule has 0 unspecified atom stereocenters. The second-order valence-corrected chi connectivity index (χ2v) is 10.6. The van der Waals surface area contributed by atoms with E-state index in [0.717, 1.165) is 63.5 Å². The fourth-order valence-electron chi connectivity index (χ4n) is 6.39. The number of carbonyl (C=O) groups is 1. The van der Waals surface area contributed by atoms with Crippen LogP contribution in [0.3, 0.4) is 0 Å². The number of methoxy groups -OCH3 is 3. The van der Waals surface area contributed by atoms with Crippen molar-refractivity contribution in [1.82, 2.24) is 15.2 Å². The average Bonchev–Trinajstić information content (AvgIpc) is 3.36. The Kier molecular flexibility index (Phi) is 6.90. The Morgan fingerprint density at radius 3 is 2.50 bits per heavy atom. The van der Waals surface area contributed by atoms with Gasteiger partial charge in [0, 0.05) is 47.7 Å². The molecule has 3 heterocycles. The minimum absolute atomic E-state index is 0.168. The molecule has 0 spiro atoms. The summed E-state index contributed by atoms with van der Waals surface area (Å²) in [5.74, 6) is 1.46. The number of rotatable bonds is 7. The highest BCUT2D eigenvalue weighted by atomic mass is 16.5. The lowest BCUT2D eigenvalue weighted by Gasteiger charge is -2.36. The zero-order valence-electron chi connectivity index (χ0n) is 23.3. The van der Waals surface area contributed by atoms with Gasteiger partial charge in [-0.3, -0.25) is 15.0 Å². The molecule has 3 atom stereocenters. The predicted octanol–water partition coefficient (Wildman–Crippen LogP) is 5.00. The van der Waals surface area contributed by atoms with Crippen molar-refractivity contribution in [2.24, 2.45) is 0 Å². The SMILES string of the molecule is COc1ccc([C@@H]2N[C@H](C(=O)O)Cc3c2[nH]c2ccccc32)cc1CN1CCc2cc(OC)c(OC)cc2[C@@H]1C. The lowest BCUT2D eigenvalue weighted by atomic mass is 9.89. The van der Waals surface area contributed by atoms with Gasteiger partial charge in [-0.05, 0) is 65.9 Å². The monoisotopic (exact) mass is 541 g/mol. The molecule has 2 aliphatic rings. The minimum Gasteiger partial charge on any atom is -0.496 e. The van der Waals surface area contributed by atoms with Crippen molar-refractivity contribution in [3.8, 4) is 17.2 Å². The van der Waals surface area contributed by atoms with Crippen LogP contribution >= 0.6 is 0 Å². The van der Waals surface area contributed by atoms with Gasteiger partial charge >= 0.3 is 5.97 Å². The molecule has 1 aromatic heterocycles. The van der Waals surface area contributed by atoms with Crippen molar-refractivity contribution in [3.05, 3.63) is 88.1 Å². The quantitative estimate of drug-likeness (QED) is 0.303. The molecular formula is C32H35N3O5. The molecule has 0 amide bonds.